The minimum absolute atomic E-state index is 0.0784. The van der Waals surface area contributed by atoms with E-state index in [1.54, 1.807) is 48.0 Å². The van der Waals surface area contributed by atoms with Crippen LogP contribution in [0.4, 0.5) is 5.69 Å². The predicted octanol–water partition coefficient (Wildman–Crippen LogP) is 3.49. The molecule has 3 heterocycles. The molecule has 0 aliphatic heterocycles. The quantitative estimate of drug-likeness (QED) is 0.320. The van der Waals surface area contributed by atoms with E-state index in [4.69, 9.17) is 11.6 Å². The van der Waals surface area contributed by atoms with E-state index in [-0.39, 0.29) is 16.7 Å². The van der Waals surface area contributed by atoms with Crippen LogP contribution in [0, 0.1) is 17.0 Å². The molecule has 0 saturated heterocycles. The molecule has 2 aromatic carbocycles. The lowest BCUT2D eigenvalue weighted by atomic mass is 9.98. The molecular weight excluding hydrogens is 436 g/mol. The van der Waals surface area contributed by atoms with Crippen molar-refractivity contribution in [3.63, 3.8) is 0 Å². The summed E-state index contributed by atoms with van der Waals surface area (Å²) in [5.41, 5.74) is 1.37. The Hall–Kier alpha value is -4.31. The van der Waals surface area contributed by atoms with Gasteiger partial charge in [0.15, 0.2) is 5.65 Å². The van der Waals surface area contributed by atoms with Gasteiger partial charge in [-0.3, -0.25) is 24.9 Å². The van der Waals surface area contributed by atoms with Gasteiger partial charge in [-0.05, 0) is 48.9 Å². The van der Waals surface area contributed by atoms with Crippen molar-refractivity contribution < 1.29 is 4.92 Å². The number of nitrogens with zero attached hydrogens (tertiary/aromatic N) is 4. The van der Waals surface area contributed by atoms with Crippen molar-refractivity contribution in [2.45, 2.75) is 6.92 Å². The third-order valence-corrected chi connectivity index (χ3v) is 5.37. The summed E-state index contributed by atoms with van der Waals surface area (Å²) in [6.07, 6.45) is 0. The van der Waals surface area contributed by atoms with E-state index in [9.17, 15) is 19.7 Å². The fourth-order valence-electron chi connectivity index (χ4n) is 3.73. The average Bonchev–Trinajstić information content (AvgIpc) is 3.09. The van der Waals surface area contributed by atoms with E-state index >= 15 is 0 Å². The number of aromatic amines is 2. The van der Waals surface area contributed by atoms with Crippen molar-refractivity contribution in [3.8, 4) is 16.8 Å². The maximum atomic E-state index is 12.8. The van der Waals surface area contributed by atoms with E-state index in [0.29, 0.717) is 38.6 Å². The molecule has 0 spiro atoms. The van der Waals surface area contributed by atoms with Crippen molar-refractivity contribution in [3.05, 3.63) is 90.2 Å². The standard InChI is InChI=1S/C21H13ClN6O4/c1-10-15-16(11-2-6-14(7-3-11)28(31)32)17-18(24-21(30)25-20(17)29)23-19(15)27(26-10)13-8-4-12(22)5-9-13/h2-9H,1H3,(H2,23,24,25,29,30). The number of halogens is 1. The number of rotatable bonds is 3. The van der Waals surface area contributed by atoms with E-state index < -0.39 is 16.2 Å². The van der Waals surface area contributed by atoms with Gasteiger partial charge in [0.1, 0.15) is 5.65 Å². The van der Waals surface area contributed by atoms with Crippen LogP contribution >= 0.6 is 11.6 Å². The molecule has 0 amide bonds. The van der Waals surface area contributed by atoms with Crippen LogP contribution in [0.15, 0.2) is 58.1 Å². The van der Waals surface area contributed by atoms with Gasteiger partial charge < -0.3 is 0 Å². The first kappa shape index (κ1) is 19.6. The van der Waals surface area contributed by atoms with Crippen LogP contribution in [-0.2, 0) is 0 Å². The Morgan fingerprint density at radius 3 is 2.34 bits per heavy atom. The molecule has 10 nitrogen and oxygen atoms in total. The number of hydrogen-bond donors (Lipinski definition) is 2. The lowest BCUT2D eigenvalue weighted by molar-refractivity contribution is -0.384. The van der Waals surface area contributed by atoms with Crippen molar-refractivity contribution in [1.82, 2.24) is 24.7 Å². The molecule has 5 aromatic rings. The van der Waals surface area contributed by atoms with E-state index in [0.717, 1.165) is 0 Å². The lowest BCUT2D eigenvalue weighted by Crippen LogP contribution is -2.23. The van der Waals surface area contributed by atoms with Gasteiger partial charge in [0.05, 0.1) is 27.1 Å². The summed E-state index contributed by atoms with van der Waals surface area (Å²) in [6, 6.07) is 12.8. The maximum Gasteiger partial charge on any atom is 0.327 e. The van der Waals surface area contributed by atoms with E-state index in [1.807, 2.05) is 0 Å². The number of pyridine rings is 1. The Balaban J connectivity index is 1.93. The second kappa shape index (κ2) is 7.13. The Bertz CT molecular complexity index is 1650. The molecule has 0 aliphatic rings. The molecule has 0 bridgehead atoms. The highest BCUT2D eigenvalue weighted by Crippen LogP contribution is 2.35. The summed E-state index contributed by atoms with van der Waals surface area (Å²) in [7, 11) is 0. The Morgan fingerprint density at radius 1 is 1.00 bits per heavy atom. The fourth-order valence-corrected chi connectivity index (χ4v) is 3.86. The van der Waals surface area contributed by atoms with Gasteiger partial charge in [0.2, 0.25) is 0 Å². The average molecular weight is 449 g/mol. The number of nitro benzene ring substituents is 1. The van der Waals surface area contributed by atoms with Gasteiger partial charge in [-0.2, -0.15) is 5.10 Å². The van der Waals surface area contributed by atoms with Gasteiger partial charge in [-0.1, -0.05) is 11.6 Å². The summed E-state index contributed by atoms with van der Waals surface area (Å²) in [5.74, 6) is 0. The van der Waals surface area contributed by atoms with Gasteiger partial charge in [-0.25, -0.2) is 14.5 Å². The summed E-state index contributed by atoms with van der Waals surface area (Å²) in [6.45, 7) is 1.77. The van der Waals surface area contributed by atoms with Crippen LogP contribution in [0.25, 0.3) is 38.9 Å². The molecule has 0 unspecified atom stereocenters. The molecule has 5 rings (SSSR count). The van der Waals surface area contributed by atoms with Gasteiger partial charge in [0.25, 0.3) is 11.2 Å². The van der Waals surface area contributed by atoms with Crippen LogP contribution in [0.3, 0.4) is 0 Å². The van der Waals surface area contributed by atoms with E-state index in [1.165, 1.54) is 12.1 Å². The number of aromatic nitrogens is 5. The SMILES string of the molecule is Cc1nn(-c2ccc(Cl)cc2)c2nc3[nH]c(=O)[nH]c(=O)c3c(-c3ccc([N+](=O)[O-])cc3)c12. The van der Waals surface area contributed by atoms with Crippen LogP contribution < -0.4 is 11.2 Å². The Kier molecular flexibility index (Phi) is 4.38. The molecule has 11 heteroatoms. The van der Waals surface area contributed by atoms with Gasteiger partial charge >= 0.3 is 5.69 Å². The highest BCUT2D eigenvalue weighted by molar-refractivity contribution is 6.30. The first-order chi connectivity index (χ1) is 15.3. The zero-order valence-electron chi connectivity index (χ0n) is 16.4. The number of aryl methyl sites for hydroxylation is 1. The zero-order chi connectivity index (χ0) is 22.6. The molecule has 2 N–H and O–H groups in total. The largest absolute Gasteiger partial charge is 0.327 e. The summed E-state index contributed by atoms with van der Waals surface area (Å²) < 4.78 is 1.59. The van der Waals surface area contributed by atoms with Crippen LogP contribution in [-0.4, -0.2) is 29.7 Å². The molecule has 0 saturated carbocycles. The number of non-ortho nitro benzene ring substituents is 1. The van der Waals surface area contributed by atoms with Gasteiger partial charge in [-0.15, -0.1) is 0 Å². The minimum atomic E-state index is -0.696. The normalized spacial score (nSPS) is 11.3. The molecule has 158 valence electrons. The molecule has 32 heavy (non-hydrogen) atoms. The Morgan fingerprint density at radius 2 is 1.69 bits per heavy atom. The number of H-pyrrole nitrogens is 2. The predicted molar refractivity (Wildman–Crippen MR) is 119 cm³/mol. The summed E-state index contributed by atoms with van der Waals surface area (Å²) in [5, 5.41) is 17.0. The Labute approximate surface area is 183 Å². The second-order valence-corrected chi connectivity index (χ2v) is 7.53. The third kappa shape index (κ3) is 3.05. The maximum absolute atomic E-state index is 12.8. The van der Waals surface area contributed by atoms with Crippen molar-refractivity contribution in [1.29, 1.82) is 0 Å². The number of nitrogens with one attached hydrogen (secondary N) is 2. The molecule has 3 aromatic heterocycles. The van der Waals surface area contributed by atoms with Crippen LogP contribution in [0.1, 0.15) is 5.69 Å². The molecular formula is C21H13ClN6O4. The first-order valence-electron chi connectivity index (χ1n) is 9.40. The monoisotopic (exact) mass is 448 g/mol. The smallest absolute Gasteiger partial charge is 0.291 e. The first-order valence-corrected chi connectivity index (χ1v) is 9.77. The highest BCUT2D eigenvalue weighted by Gasteiger charge is 2.22. The van der Waals surface area contributed by atoms with Gasteiger partial charge in [0, 0.05) is 22.7 Å². The molecule has 0 fully saturated rings. The van der Waals surface area contributed by atoms with Crippen molar-refractivity contribution >= 4 is 39.4 Å². The minimum Gasteiger partial charge on any atom is -0.291 e. The topological polar surface area (TPSA) is 140 Å². The molecule has 0 radical (unpaired) electrons. The highest BCUT2D eigenvalue weighted by atomic mass is 35.5. The number of fused-ring (bicyclic) bond motifs is 2. The van der Waals surface area contributed by atoms with Crippen molar-refractivity contribution in [2.75, 3.05) is 0 Å². The fraction of sp³-hybridized carbons (Fsp3) is 0.0476. The molecule has 0 atom stereocenters. The lowest BCUT2D eigenvalue weighted by Gasteiger charge is -2.09. The van der Waals surface area contributed by atoms with Crippen molar-refractivity contribution in [2.24, 2.45) is 0 Å². The second-order valence-electron chi connectivity index (χ2n) is 7.09. The molecule has 0 aliphatic carbocycles. The number of hydrogen-bond acceptors (Lipinski definition) is 6. The summed E-state index contributed by atoms with van der Waals surface area (Å²) in [4.78, 5) is 44.6. The van der Waals surface area contributed by atoms with E-state index in [2.05, 4.69) is 20.1 Å². The van der Waals surface area contributed by atoms with Crippen LogP contribution in [0.5, 0.6) is 0 Å². The number of benzene rings is 2. The van der Waals surface area contributed by atoms with Crippen LogP contribution in [0.2, 0.25) is 5.02 Å². The third-order valence-electron chi connectivity index (χ3n) is 5.11. The zero-order valence-corrected chi connectivity index (χ0v) is 17.2. The number of nitro groups is 1. The summed E-state index contributed by atoms with van der Waals surface area (Å²) >= 11 is 6.00.